The second-order valence-corrected chi connectivity index (χ2v) is 6.85. The number of thioether (sulfide) groups is 1. The molecule has 4 rings (SSSR count). The Labute approximate surface area is 157 Å². The SMILES string of the molecule is Cn1c(SCn2nnc3ccccc3c2=O)nnc1-c1ccccc1Cl. The summed E-state index contributed by atoms with van der Waals surface area (Å²) in [6.07, 6.45) is 0. The predicted octanol–water partition coefficient (Wildman–Crippen LogP) is 2.99. The van der Waals surface area contributed by atoms with E-state index in [0.717, 1.165) is 5.56 Å². The first-order valence-corrected chi connectivity index (χ1v) is 9.11. The summed E-state index contributed by atoms with van der Waals surface area (Å²) in [6.45, 7) is 0. The Kier molecular flexibility index (Phi) is 4.44. The molecule has 0 bridgehead atoms. The average Bonchev–Trinajstić information content (AvgIpc) is 3.02. The van der Waals surface area contributed by atoms with Gasteiger partial charge in [0.25, 0.3) is 5.56 Å². The summed E-state index contributed by atoms with van der Waals surface area (Å²) >= 11 is 7.59. The number of rotatable bonds is 4. The van der Waals surface area contributed by atoms with Crippen LogP contribution in [0.25, 0.3) is 22.3 Å². The lowest BCUT2D eigenvalue weighted by atomic mass is 10.2. The lowest BCUT2D eigenvalue weighted by Crippen LogP contribution is -2.23. The van der Waals surface area contributed by atoms with Crippen molar-refractivity contribution in [3.05, 3.63) is 63.9 Å². The van der Waals surface area contributed by atoms with E-state index >= 15 is 0 Å². The summed E-state index contributed by atoms with van der Waals surface area (Å²) in [4.78, 5) is 12.5. The highest BCUT2D eigenvalue weighted by Gasteiger charge is 2.14. The highest BCUT2D eigenvalue weighted by molar-refractivity contribution is 7.98. The quantitative estimate of drug-likeness (QED) is 0.503. The maximum atomic E-state index is 12.5. The summed E-state index contributed by atoms with van der Waals surface area (Å²) < 4.78 is 3.16. The van der Waals surface area contributed by atoms with E-state index in [-0.39, 0.29) is 11.4 Å². The smallest absolute Gasteiger partial charge is 0.278 e. The molecule has 0 spiro atoms. The van der Waals surface area contributed by atoms with Gasteiger partial charge in [0.15, 0.2) is 11.0 Å². The number of benzene rings is 2. The van der Waals surface area contributed by atoms with Gasteiger partial charge in [0, 0.05) is 12.6 Å². The van der Waals surface area contributed by atoms with E-state index in [2.05, 4.69) is 20.5 Å². The third kappa shape index (κ3) is 2.97. The Morgan fingerprint density at radius 1 is 1.04 bits per heavy atom. The van der Waals surface area contributed by atoms with Crippen molar-refractivity contribution < 1.29 is 0 Å². The van der Waals surface area contributed by atoms with Gasteiger partial charge in [-0.2, -0.15) is 4.68 Å². The lowest BCUT2D eigenvalue weighted by Gasteiger charge is -2.06. The fourth-order valence-corrected chi connectivity index (χ4v) is 3.55. The van der Waals surface area contributed by atoms with Crippen molar-refractivity contribution in [2.45, 2.75) is 11.0 Å². The minimum Gasteiger partial charge on any atom is -0.305 e. The molecule has 26 heavy (non-hydrogen) atoms. The fourth-order valence-electron chi connectivity index (χ4n) is 2.54. The van der Waals surface area contributed by atoms with Gasteiger partial charge in [0.2, 0.25) is 0 Å². The van der Waals surface area contributed by atoms with Gasteiger partial charge in [-0.25, -0.2) is 0 Å². The van der Waals surface area contributed by atoms with Crippen LogP contribution in [0.3, 0.4) is 0 Å². The second-order valence-electron chi connectivity index (χ2n) is 5.53. The molecular weight excluding hydrogens is 372 g/mol. The topological polar surface area (TPSA) is 78.5 Å². The van der Waals surface area contributed by atoms with Gasteiger partial charge in [-0.3, -0.25) is 4.79 Å². The monoisotopic (exact) mass is 384 g/mol. The Morgan fingerprint density at radius 2 is 1.81 bits per heavy atom. The van der Waals surface area contributed by atoms with E-state index in [1.807, 2.05) is 41.9 Å². The molecule has 0 N–H and O–H groups in total. The molecule has 0 aliphatic carbocycles. The molecule has 0 fully saturated rings. The molecule has 7 nitrogen and oxygen atoms in total. The number of hydrogen-bond donors (Lipinski definition) is 0. The molecule has 0 unspecified atom stereocenters. The van der Waals surface area contributed by atoms with E-state index in [4.69, 9.17) is 11.6 Å². The van der Waals surface area contributed by atoms with Crippen LogP contribution in [0.15, 0.2) is 58.5 Å². The molecule has 0 radical (unpaired) electrons. The van der Waals surface area contributed by atoms with Crippen LogP contribution < -0.4 is 5.56 Å². The van der Waals surface area contributed by atoms with Crippen molar-refractivity contribution in [3.63, 3.8) is 0 Å². The summed E-state index contributed by atoms with van der Waals surface area (Å²) in [6, 6.07) is 14.6. The average molecular weight is 385 g/mol. The molecule has 0 aliphatic rings. The molecule has 0 saturated carbocycles. The zero-order valence-electron chi connectivity index (χ0n) is 13.7. The van der Waals surface area contributed by atoms with Gasteiger partial charge in [-0.15, -0.1) is 15.3 Å². The minimum absolute atomic E-state index is 0.184. The van der Waals surface area contributed by atoms with Crippen LogP contribution in [0.2, 0.25) is 5.02 Å². The van der Waals surface area contributed by atoms with Crippen molar-refractivity contribution in [2.24, 2.45) is 7.05 Å². The third-order valence-electron chi connectivity index (χ3n) is 3.89. The van der Waals surface area contributed by atoms with Crippen LogP contribution in [0.1, 0.15) is 0 Å². The summed E-state index contributed by atoms with van der Waals surface area (Å²) in [5.74, 6) is 0.945. The molecule has 2 heterocycles. The first kappa shape index (κ1) is 16.7. The van der Waals surface area contributed by atoms with E-state index in [1.54, 1.807) is 18.2 Å². The van der Waals surface area contributed by atoms with Gasteiger partial charge in [-0.05, 0) is 24.3 Å². The van der Waals surface area contributed by atoms with Gasteiger partial charge in [0.05, 0.1) is 16.3 Å². The highest BCUT2D eigenvalue weighted by Crippen LogP contribution is 2.28. The fraction of sp³-hybridized carbons (Fsp3) is 0.118. The summed E-state index contributed by atoms with van der Waals surface area (Å²) in [7, 11) is 1.86. The first-order valence-electron chi connectivity index (χ1n) is 7.75. The van der Waals surface area contributed by atoms with Crippen LogP contribution in [-0.4, -0.2) is 29.8 Å². The van der Waals surface area contributed by atoms with E-state index in [0.29, 0.717) is 26.9 Å². The molecule has 0 saturated heterocycles. The van der Waals surface area contributed by atoms with Crippen LogP contribution >= 0.6 is 23.4 Å². The number of nitrogens with zero attached hydrogens (tertiary/aromatic N) is 6. The molecular formula is C17H13ClN6OS. The Hall–Kier alpha value is -2.71. The highest BCUT2D eigenvalue weighted by atomic mass is 35.5. The normalized spacial score (nSPS) is 11.2. The number of halogens is 1. The third-order valence-corrected chi connectivity index (χ3v) is 5.21. The van der Waals surface area contributed by atoms with Gasteiger partial charge in [-0.1, -0.05) is 52.8 Å². The van der Waals surface area contributed by atoms with Crippen molar-refractivity contribution >= 4 is 34.3 Å². The Balaban J connectivity index is 1.61. The van der Waals surface area contributed by atoms with E-state index in [1.165, 1.54) is 16.4 Å². The number of hydrogen-bond acceptors (Lipinski definition) is 6. The zero-order chi connectivity index (χ0) is 18.1. The molecule has 130 valence electrons. The molecule has 0 atom stereocenters. The molecule has 0 aliphatic heterocycles. The number of fused-ring (bicyclic) bond motifs is 1. The standard InChI is InChI=1S/C17H13ClN6OS/c1-23-15(11-6-2-4-8-13(11)18)20-21-17(23)26-10-24-16(25)12-7-3-5-9-14(12)19-22-24/h2-9H,10H2,1H3. The second kappa shape index (κ2) is 6.89. The maximum absolute atomic E-state index is 12.5. The van der Waals surface area contributed by atoms with Crippen molar-refractivity contribution in [1.82, 2.24) is 29.8 Å². The molecule has 9 heteroatoms. The van der Waals surface area contributed by atoms with E-state index < -0.39 is 0 Å². The zero-order valence-corrected chi connectivity index (χ0v) is 15.3. The van der Waals surface area contributed by atoms with Crippen molar-refractivity contribution in [3.8, 4) is 11.4 Å². The summed E-state index contributed by atoms with van der Waals surface area (Å²) in [5.41, 5.74) is 1.20. The lowest BCUT2D eigenvalue weighted by molar-refractivity contribution is 0.642. The van der Waals surface area contributed by atoms with Crippen LogP contribution in [0.5, 0.6) is 0 Å². The molecule has 4 aromatic rings. The Bertz CT molecular complexity index is 1160. The van der Waals surface area contributed by atoms with Gasteiger partial charge in [0.1, 0.15) is 5.52 Å². The van der Waals surface area contributed by atoms with Crippen molar-refractivity contribution in [2.75, 3.05) is 0 Å². The van der Waals surface area contributed by atoms with E-state index in [9.17, 15) is 4.79 Å². The Morgan fingerprint density at radius 3 is 2.65 bits per heavy atom. The number of aromatic nitrogens is 6. The maximum Gasteiger partial charge on any atom is 0.278 e. The summed E-state index contributed by atoms with van der Waals surface area (Å²) in [5, 5.41) is 18.3. The van der Waals surface area contributed by atoms with Gasteiger partial charge < -0.3 is 4.57 Å². The largest absolute Gasteiger partial charge is 0.305 e. The van der Waals surface area contributed by atoms with Crippen molar-refractivity contribution in [1.29, 1.82) is 0 Å². The predicted molar refractivity (Wildman–Crippen MR) is 101 cm³/mol. The van der Waals surface area contributed by atoms with Crippen LogP contribution in [-0.2, 0) is 12.9 Å². The molecule has 2 aromatic carbocycles. The van der Waals surface area contributed by atoms with Crippen LogP contribution in [0.4, 0.5) is 0 Å². The minimum atomic E-state index is -0.184. The molecule has 2 aromatic heterocycles. The first-order chi connectivity index (χ1) is 12.6. The van der Waals surface area contributed by atoms with Crippen LogP contribution in [0, 0.1) is 0 Å². The van der Waals surface area contributed by atoms with Gasteiger partial charge >= 0.3 is 0 Å². The molecule has 0 amide bonds.